The van der Waals surface area contributed by atoms with E-state index in [-0.39, 0.29) is 23.2 Å². The van der Waals surface area contributed by atoms with Crippen LogP contribution in [0.15, 0.2) is 54.4 Å². The van der Waals surface area contributed by atoms with Crippen LogP contribution in [0.1, 0.15) is 13.8 Å². The second-order valence-corrected chi connectivity index (χ2v) is 8.65. The molecule has 2 aromatic carbocycles. The second-order valence-electron chi connectivity index (χ2n) is 8.24. The third-order valence-corrected chi connectivity index (χ3v) is 5.90. The fourth-order valence-electron chi connectivity index (χ4n) is 3.98. The van der Waals surface area contributed by atoms with Crippen molar-refractivity contribution in [1.29, 1.82) is 5.26 Å². The van der Waals surface area contributed by atoms with Gasteiger partial charge in [-0.2, -0.15) is 5.26 Å². The molecule has 33 heavy (non-hydrogen) atoms. The van der Waals surface area contributed by atoms with Gasteiger partial charge in [-0.15, -0.1) is 0 Å². The molecule has 1 saturated heterocycles. The van der Waals surface area contributed by atoms with Gasteiger partial charge in [-0.3, -0.25) is 4.79 Å². The number of allylic oxidation sites excluding steroid dienone is 1. The smallest absolute Gasteiger partial charge is 0.264 e. The summed E-state index contributed by atoms with van der Waals surface area (Å²) in [7, 11) is 0. The number of carbonyl (C=O) groups excluding carboxylic acids is 1. The summed E-state index contributed by atoms with van der Waals surface area (Å²) in [5.74, 6) is 0.247. The number of rotatable bonds is 4. The molecule has 3 aromatic rings. The van der Waals surface area contributed by atoms with Crippen molar-refractivity contribution in [3.05, 3.63) is 65.2 Å². The molecule has 0 atom stereocenters. The molecule has 2 heterocycles. The lowest BCUT2D eigenvalue weighted by atomic mass is 10.0. The maximum atomic E-state index is 14.3. The highest BCUT2D eigenvalue weighted by molar-refractivity contribution is 6.34. The number of anilines is 1. The van der Waals surface area contributed by atoms with E-state index in [1.807, 2.05) is 19.9 Å². The molecule has 0 bridgehead atoms. The first-order chi connectivity index (χ1) is 15.9. The Morgan fingerprint density at radius 3 is 2.55 bits per heavy atom. The van der Waals surface area contributed by atoms with Crippen molar-refractivity contribution in [2.45, 2.75) is 13.8 Å². The molecule has 1 aliphatic heterocycles. The Kier molecular flexibility index (Phi) is 6.57. The van der Waals surface area contributed by atoms with E-state index in [1.54, 1.807) is 41.3 Å². The Morgan fingerprint density at radius 1 is 1.15 bits per heavy atom. The van der Waals surface area contributed by atoms with Crippen LogP contribution in [0.2, 0.25) is 5.02 Å². The molecule has 4 rings (SSSR count). The SMILES string of the molecule is CC(C)/C=C(\C#N)C(=O)N1CCN(c2ncnc3cc(-c4ccccc4F)c(Cl)cc23)CC1. The van der Waals surface area contributed by atoms with Crippen molar-refractivity contribution in [3.63, 3.8) is 0 Å². The van der Waals surface area contributed by atoms with E-state index in [0.717, 1.165) is 5.39 Å². The summed E-state index contributed by atoms with van der Waals surface area (Å²) < 4.78 is 14.3. The summed E-state index contributed by atoms with van der Waals surface area (Å²) in [5, 5.41) is 10.5. The lowest BCUT2D eigenvalue weighted by molar-refractivity contribution is -0.127. The maximum absolute atomic E-state index is 14.3. The summed E-state index contributed by atoms with van der Waals surface area (Å²) in [5.41, 5.74) is 1.83. The molecule has 0 unspecified atom stereocenters. The summed E-state index contributed by atoms with van der Waals surface area (Å²) in [6, 6.07) is 12.0. The van der Waals surface area contributed by atoms with Gasteiger partial charge in [0.15, 0.2) is 0 Å². The average Bonchev–Trinajstić information content (AvgIpc) is 2.82. The first-order valence-corrected chi connectivity index (χ1v) is 11.1. The van der Waals surface area contributed by atoms with Gasteiger partial charge in [0.05, 0.1) is 5.52 Å². The first-order valence-electron chi connectivity index (χ1n) is 10.7. The molecule has 8 heteroatoms. The highest BCUT2D eigenvalue weighted by Crippen LogP contribution is 2.35. The molecular weight excluding hydrogens is 441 g/mol. The summed E-state index contributed by atoms with van der Waals surface area (Å²) in [6.45, 7) is 5.94. The van der Waals surface area contributed by atoms with Crippen LogP contribution >= 0.6 is 11.6 Å². The molecule has 0 aliphatic carbocycles. The van der Waals surface area contributed by atoms with Gasteiger partial charge >= 0.3 is 0 Å². The number of nitrogens with zero attached hydrogens (tertiary/aromatic N) is 5. The fraction of sp³-hybridized carbons (Fsp3) is 0.280. The third-order valence-electron chi connectivity index (χ3n) is 5.58. The monoisotopic (exact) mass is 463 g/mol. The van der Waals surface area contributed by atoms with E-state index >= 15 is 0 Å². The average molecular weight is 464 g/mol. The molecule has 1 aliphatic rings. The van der Waals surface area contributed by atoms with Crippen molar-refractivity contribution in [2.24, 2.45) is 5.92 Å². The topological polar surface area (TPSA) is 73.1 Å². The van der Waals surface area contributed by atoms with Gasteiger partial charge in [-0.25, -0.2) is 14.4 Å². The summed E-state index contributed by atoms with van der Waals surface area (Å²) in [4.78, 5) is 25.3. The van der Waals surface area contributed by atoms with Crippen LogP contribution in [-0.2, 0) is 4.79 Å². The highest BCUT2D eigenvalue weighted by atomic mass is 35.5. The molecule has 1 fully saturated rings. The first kappa shape index (κ1) is 22.7. The maximum Gasteiger partial charge on any atom is 0.264 e. The molecule has 6 nitrogen and oxygen atoms in total. The van der Waals surface area contributed by atoms with Gasteiger partial charge in [-0.05, 0) is 24.1 Å². The van der Waals surface area contributed by atoms with E-state index in [9.17, 15) is 14.4 Å². The Morgan fingerprint density at radius 2 is 1.88 bits per heavy atom. The Labute approximate surface area is 196 Å². The highest BCUT2D eigenvalue weighted by Gasteiger charge is 2.25. The zero-order valence-electron chi connectivity index (χ0n) is 18.4. The lowest BCUT2D eigenvalue weighted by Gasteiger charge is -2.35. The number of halogens is 2. The van der Waals surface area contributed by atoms with Crippen LogP contribution in [0.3, 0.4) is 0 Å². The largest absolute Gasteiger partial charge is 0.352 e. The molecule has 1 amide bonds. The van der Waals surface area contributed by atoms with E-state index in [4.69, 9.17) is 11.6 Å². The van der Waals surface area contributed by atoms with Crippen molar-refractivity contribution in [3.8, 4) is 17.2 Å². The van der Waals surface area contributed by atoms with Gasteiger partial charge < -0.3 is 9.80 Å². The van der Waals surface area contributed by atoms with E-state index < -0.39 is 0 Å². The number of benzene rings is 2. The zero-order valence-corrected chi connectivity index (χ0v) is 19.2. The Bertz CT molecular complexity index is 1280. The molecule has 1 aromatic heterocycles. The van der Waals surface area contributed by atoms with E-state index in [2.05, 4.69) is 14.9 Å². The summed E-state index contributed by atoms with van der Waals surface area (Å²) in [6.07, 6.45) is 3.18. The number of nitriles is 1. The number of amides is 1. The molecule has 0 spiro atoms. The van der Waals surface area contributed by atoms with Crippen LogP contribution in [0.25, 0.3) is 22.0 Å². The minimum Gasteiger partial charge on any atom is -0.352 e. The Hall–Kier alpha value is -3.50. The van der Waals surface area contributed by atoms with Gasteiger partial charge in [0.1, 0.15) is 29.6 Å². The van der Waals surface area contributed by atoms with Gasteiger partial charge in [0.2, 0.25) is 0 Å². The predicted octanol–water partition coefficient (Wildman–Crippen LogP) is 4.84. The van der Waals surface area contributed by atoms with Crippen LogP contribution in [0.5, 0.6) is 0 Å². The standard InChI is InChI=1S/C25H23ClFN5O/c1-16(2)11-17(14-28)25(33)32-9-7-31(8-10-32)24-20-12-21(26)19(13-23(20)29-15-30-24)18-5-3-4-6-22(18)27/h3-6,11-13,15-16H,7-10H2,1-2H3/b17-11+. The van der Waals surface area contributed by atoms with Crippen molar-refractivity contribution >= 4 is 34.2 Å². The minimum atomic E-state index is -0.350. The Balaban J connectivity index is 1.59. The number of hydrogen-bond donors (Lipinski definition) is 0. The fourth-order valence-corrected chi connectivity index (χ4v) is 4.25. The third kappa shape index (κ3) is 4.67. The quantitative estimate of drug-likeness (QED) is 0.408. The molecule has 0 saturated carbocycles. The number of fused-ring (bicyclic) bond motifs is 1. The summed E-state index contributed by atoms with van der Waals surface area (Å²) >= 11 is 6.55. The van der Waals surface area contributed by atoms with Crippen LogP contribution in [-0.4, -0.2) is 47.0 Å². The molecular formula is C25H23ClFN5O. The number of aromatic nitrogens is 2. The van der Waals surface area contributed by atoms with Crippen molar-refractivity contribution in [1.82, 2.24) is 14.9 Å². The number of carbonyl (C=O) groups is 1. The van der Waals surface area contributed by atoms with Crippen LogP contribution in [0.4, 0.5) is 10.2 Å². The van der Waals surface area contributed by atoms with E-state index in [0.29, 0.717) is 53.7 Å². The molecule has 168 valence electrons. The van der Waals surface area contributed by atoms with Crippen LogP contribution in [0, 0.1) is 23.1 Å². The van der Waals surface area contributed by atoms with Crippen LogP contribution < -0.4 is 4.90 Å². The van der Waals surface area contributed by atoms with Crippen molar-refractivity contribution in [2.75, 3.05) is 31.1 Å². The van der Waals surface area contributed by atoms with Crippen molar-refractivity contribution < 1.29 is 9.18 Å². The van der Waals surface area contributed by atoms with Gasteiger partial charge in [0, 0.05) is 47.7 Å². The van der Waals surface area contributed by atoms with Gasteiger partial charge in [-0.1, -0.05) is 49.7 Å². The molecule has 0 N–H and O–H groups in total. The molecule has 0 radical (unpaired) electrons. The lowest BCUT2D eigenvalue weighted by Crippen LogP contribution is -2.49. The zero-order chi connectivity index (χ0) is 23.5. The van der Waals surface area contributed by atoms with E-state index in [1.165, 1.54) is 12.4 Å². The second kappa shape index (κ2) is 9.55. The van der Waals surface area contributed by atoms with Gasteiger partial charge in [0.25, 0.3) is 5.91 Å². The number of piperazine rings is 1. The normalized spacial score (nSPS) is 14.6. The number of hydrogen-bond acceptors (Lipinski definition) is 5. The predicted molar refractivity (Wildman–Crippen MR) is 127 cm³/mol. The minimum absolute atomic E-state index is 0.122.